The van der Waals surface area contributed by atoms with Gasteiger partial charge >= 0.3 is 0 Å². The number of benzene rings is 2. The van der Waals surface area contributed by atoms with Crippen molar-refractivity contribution < 1.29 is 4.79 Å². The average molecular weight is 286 g/mol. The zero-order valence-corrected chi connectivity index (χ0v) is 10.4. The van der Waals surface area contributed by atoms with E-state index in [-0.39, 0.29) is 0 Å². The Labute approximate surface area is 106 Å². The van der Waals surface area contributed by atoms with E-state index in [1.807, 2.05) is 30.3 Å². The highest BCUT2D eigenvalue weighted by atomic mass is 79.9. The van der Waals surface area contributed by atoms with Gasteiger partial charge in [-0.2, -0.15) is 0 Å². The second-order valence-corrected chi connectivity index (χ2v) is 4.78. The number of para-hydroxylation sites is 1. The molecule has 0 aliphatic heterocycles. The zero-order chi connectivity index (χ0) is 11.8. The maximum Gasteiger partial charge on any atom is 0.152 e. The van der Waals surface area contributed by atoms with Crippen molar-refractivity contribution in [3.63, 3.8) is 0 Å². The number of carbonyl (C=O) groups is 1. The molecule has 1 heterocycles. The van der Waals surface area contributed by atoms with Gasteiger partial charge in [-0.25, -0.2) is 4.98 Å². The van der Waals surface area contributed by atoms with E-state index >= 15 is 0 Å². The molecule has 0 atom stereocenters. The largest absolute Gasteiger partial charge is 0.298 e. The van der Waals surface area contributed by atoms with Gasteiger partial charge in [-0.1, -0.05) is 34.1 Å². The number of hydrogen-bond acceptors (Lipinski definition) is 2. The van der Waals surface area contributed by atoms with Gasteiger partial charge in [-0.05, 0) is 24.3 Å². The molecule has 3 rings (SSSR count). The number of hydrogen-bond donors (Lipinski definition) is 0. The summed E-state index contributed by atoms with van der Waals surface area (Å²) in [5.74, 6) is 0. The molecular formula is C14H8BrNO. The van der Waals surface area contributed by atoms with E-state index in [9.17, 15) is 4.79 Å². The van der Waals surface area contributed by atoms with Crippen LogP contribution in [0.5, 0.6) is 0 Å². The maximum absolute atomic E-state index is 11.0. The number of carbonyl (C=O) groups excluding carboxylic acids is 1. The Bertz CT molecular complexity index is 737. The fraction of sp³-hybridized carbons (Fsp3) is 0. The van der Waals surface area contributed by atoms with Crippen LogP contribution in [-0.4, -0.2) is 11.3 Å². The topological polar surface area (TPSA) is 30.0 Å². The Morgan fingerprint density at radius 1 is 1.06 bits per heavy atom. The first-order valence-corrected chi connectivity index (χ1v) is 6.01. The lowest BCUT2D eigenvalue weighted by Crippen LogP contribution is -1.89. The molecule has 0 saturated heterocycles. The predicted molar refractivity (Wildman–Crippen MR) is 72.3 cm³/mol. The van der Waals surface area contributed by atoms with E-state index in [1.165, 1.54) is 0 Å². The number of aromatic nitrogens is 1. The minimum atomic E-state index is 0.611. The summed E-state index contributed by atoms with van der Waals surface area (Å²) in [4.78, 5) is 15.6. The Morgan fingerprint density at radius 2 is 1.88 bits per heavy atom. The summed E-state index contributed by atoms with van der Waals surface area (Å²) in [6, 6.07) is 13.7. The maximum atomic E-state index is 11.0. The normalized spacial score (nSPS) is 10.9. The second kappa shape index (κ2) is 3.93. The molecule has 2 aromatic carbocycles. The summed E-state index contributed by atoms with van der Waals surface area (Å²) in [5, 5.41) is 2.05. The Balaban J connectivity index is 2.51. The van der Waals surface area contributed by atoms with E-state index in [2.05, 4.69) is 27.0 Å². The van der Waals surface area contributed by atoms with Crippen molar-refractivity contribution in [3.05, 3.63) is 52.5 Å². The molecule has 82 valence electrons. The molecule has 1 aromatic heterocycles. The minimum absolute atomic E-state index is 0.611. The summed E-state index contributed by atoms with van der Waals surface area (Å²) >= 11 is 3.40. The van der Waals surface area contributed by atoms with E-state index in [0.717, 1.165) is 32.6 Å². The Morgan fingerprint density at radius 3 is 2.71 bits per heavy atom. The smallest absolute Gasteiger partial charge is 0.152 e. The number of fused-ring (bicyclic) bond motifs is 2. The van der Waals surface area contributed by atoms with Crippen LogP contribution in [0.4, 0.5) is 0 Å². The van der Waals surface area contributed by atoms with Crippen molar-refractivity contribution in [2.24, 2.45) is 0 Å². The van der Waals surface area contributed by atoms with Gasteiger partial charge in [0.1, 0.15) is 0 Å². The van der Waals surface area contributed by atoms with Crippen molar-refractivity contribution in [3.8, 4) is 0 Å². The minimum Gasteiger partial charge on any atom is -0.298 e. The van der Waals surface area contributed by atoms with E-state index in [4.69, 9.17) is 0 Å². The van der Waals surface area contributed by atoms with E-state index in [1.54, 1.807) is 6.07 Å². The number of aldehydes is 1. The molecular weight excluding hydrogens is 278 g/mol. The number of nitrogens with zero attached hydrogens (tertiary/aromatic N) is 1. The van der Waals surface area contributed by atoms with Crippen molar-refractivity contribution in [1.82, 2.24) is 4.98 Å². The van der Waals surface area contributed by atoms with Gasteiger partial charge in [0.15, 0.2) is 6.29 Å². The molecule has 0 aliphatic carbocycles. The van der Waals surface area contributed by atoms with E-state index < -0.39 is 0 Å². The summed E-state index contributed by atoms with van der Waals surface area (Å²) < 4.78 is 0.893. The second-order valence-electron chi connectivity index (χ2n) is 3.87. The van der Waals surface area contributed by atoms with Crippen LogP contribution < -0.4 is 0 Å². The van der Waals surface area contributed by atoms with Gasteiger partial charge in [0.2, 0.25) is 0 Å². The van der Waals surface area contributed by atoms with Crippen LogP contribution in [0, 0.1) is 0 Å². The summed E-state index contributed by atoms with van der Waals surface area (Å²) in [6.45, 7) is 0. The number of pyridine rings is 1. The highest BCUT2D eigenvalue weighted by molar-refractivity contribution is 9.10. The molecule has 0 radical (unpaired) electrons. The highest BCUT2D eigenvalue weighted by Gasteiger charge is 2.05. The number of halogens is 1. The van der Waals surface area contributed by atoms with Crippen LogP contribution in [-0.2, 0) is 0 Å². The molecule has 0 unspecified atom stereocenters. The SMILES string of the molecule is O=Cc1cc(Br)cc2cc3ccccc3nc12. The van der Waals surface area contributed by atoms with Gasteiger partial charge in [0.05, 0.1) is 11.0 Å². The standard InChI is InChI=1S/C14H8BrNO/c15-12-6-10-5-9-3-1-2-4-13(9)16-14(10)11(7-12)8-17/h1-8H. The third-order valence-electron chi connectivity index (χ3n) is 2.74. The summed E-state index contributed by atoms with van der Waals surface area (Å²) in [5.41, 5.74) is 2.27. The molecule has 3 aromatic rings. The van der Waals surface area contributed by atoms with Crippen LogP contribution in [0.1, 0.15) is 10.4 Å². The molecule has 0 spiro atoms. The molecule has 3 heteroatoms. The van der Waals surface area contributed by atoms with Crippen LogP contribution in [0.25, 0.3) is 21.8 Å². The van der Waals surface area contributed by atoms with Crippen LogP contribution in [0.2, 0.25) is 0 Å². The molecule has 2 nitrogen and oxygen atoms in total. The van der Waals surface area contributed by atoms with Gasteiger partial charge in [0, 0.05) is 20.8 Å². The fourth-order valence-corrected chi connectivity index (χ4v) is 2.46. The van der Waals surface area contributed by atoms with Crippen molar-refractivity contribution in [1.29, 1.82) is 0 Å². The highest BCUT2D eigenvalue weighted by Crippen LogP contribution is 2.25. The lowest BCUT2D eigenvalue weighted by atomic mass is 10.1. The van der Waals surface area contributed by atoms with Gasteiger partial charge in [-0.15, -0.1) is 0 Å². The lowest BCUT2D eigenvalue weighted by molar-refractivity contribution is 0.112. The Kier molecular flexibility index (Phi) is 2.41. The van der Waals surface area contributed by atoms with Crippen LogP contribution in [0.3, 0.4) is 0 Å². The molecule has 0 bridgehead atoms. The first kappa shape index (κ1) is 10.4. The quantitative estimate of drug-likeness (QED) is 0.500. The van der Waals surface area contributed by atoms with E-state index in [0.29, 0.717) is 5.56 Å². The monoisotopic (exact) mass is 285 g/mol. The van der Waals surface area contributed by atoms with Gasteiger partial charge in [-0.3, -0.25) is 4.79 Å². The third kappa shape index (κ3) is 1.72. The zero-order valence-electron chi connectivity index (χ0n) is 8.85. The predicted octanol–water partition coefficient (Wildman–Crippen LogP) is 3.96. The molecule has 17 heavy (non-hydrogen) atoms. The lowest BCUT2D eigenvalue weighted by Gasteiger charge is -2.04. The molecule has 0 amide bonds. The third-order valence-corrected chi connectivity index (χ3v) is 3.20. The first-order valence-electron chi connectivity index (χ1n) is 5.22. The van der Waals surface area contributed by atoms with Crippen LogP contribution in [0.15, 0.2) is 46.9 Å². The molecule has 0 fully saturated rings. The summed E-state index contributed by atoms with van der Waals surface area (Å²) in [7, 11) is 0. The van der Waals surface area contributed by atoms with Crippen molar-refractivity contribution in [2.75, 3.05) is 0 Å². The number of rotatable bonds is 1. The van der Waals surface area contributed by atoms with Crippen molar-refractivity contribution >= 4 is 44.0 Å². The average Bonchev–Trinajstić information content (AvgIpc) is 2.35. The fourth-order valence-electron chi connectivity index (χ4n) is 1.97. The van der Waals surface area contributed by atoms with Crippen molar-refractivity contribution in [2.45, 2.75) is 0 Å². The summed E-state index contributed by atoms with van der Waals surface area (Å²) in [6.07, 6.45) is 0.842. The first-order chi connectivity index (χ1) is 8.28. The van der Waals surface area contributed by atoms with Crippen LogP contribution >= 0.6 is 15.9 Å². The molecule has 0 N–H and O–H groups in total. The van der Waals surface area contributed by atoms with Gasteiger partial charge < -0.3 is 0 Å². The Hall–Kier alpha value is -1.74. The molecule has 0 saturated carbocycles. The molecule has 0 aliphatic rings. The van der Waals surface area contributed by atoms with Gasteiger partial charge in [0.25, 0.3) is 0 Å².